The van der Waals surface area contributed by atoms with E-state index in [0.29, 0.717) is 11.5 Å². The summed E-state index contributed by atoms with van der Waals surface area (Å²) in [4.78, 5) is 12.2. The predicted molar refractivity (Wildman–Crippen MR) is 97.4 cm³/mol. The minimum absolute atomic E-state index is 0.0386. The fraction of sp³-hybridized carbons (Fsp3) is 0.389. The van der Waals surface area contributed by atoms with Gasteiger partial charge in [0.15, 0.2) is 0 Å². The zero-order chi connectivity index (χ0) is 18.9. The van der Waals surface area contributed by atoms with Gasteiger partial charge in [0.05, 0.1) is 5.56 Å². The molecular formula is C18H17ClF3NO2S. The van der Waals surface area contributed by atoms with E-state index in [1.807, 2.05) is 18.2 Å². The Hall–Kier alpha value is -1.60. The molecule has 1 fully saturated rings. The number of anilines is 1. The van der Waals surface area contributed by atoms with Gasteiger partial charge in [0, 0.05) is 27.1 Å². The molecule has 1 amide bonds. The molecule has 1 aliphatic carbocycles. The molecule has 1 heterocycles. The van der Waals surface area contributed by atoms with Crippen molar-refractivity contribution in [3.8, 4) is 0 Å². The maximum Gasteiger partial charge on any atom is 0.416 e. The Labute approximate surface area is 158 Å². The van der Waals surface area contributed by atoms with Crippen LogP contribution in [0.4, 0.5) is 23.7 Å². The third-order valence-corrected chi connectivity index (χ3v) is 5.95. The van der Waals surface area contributed by atoms with Crippen LogP contribution in [0.5, 0.6) is 0 Å². The van der Waals surface area contributed by atoms with E-state index in [1.165, 1.54) is 12.1 Å². The molecule has 0 spiro atoms. The zero-order valence-corrected chi connectivity index (χ0v) is 15.4. The van der Waals surface area contributed by atoms with Gasteiger partial charge in [0.1, 0.15) is 6.10 Å². The maximum atomic E-state index is 12.8. The van der Waals surface area contributed by atoms with Crippen LogP contribution in [0.25, 0.3) is 0 Å². The van der Waals surface area contributed by atoms with Crippen LogP contribution in [0.2, 0.25) is 0 Å². The number of halogens is 4. The van der Waals surface area contributed by atoms with Crippen molar-refractivity contribution in [2.24, 2.45) is 5.92 Å². The summed E-state index contributed by atoms with van der Waals surface area (Å²) in [6.07, 6.45) is 0.707. The summed E-state index contributed by atoms with van der Waals surface area (Å²) in [5.74, 6) is -0.0547. The molecule has 1 aromatic carbocycles. The number of ether oxygens (including phenoxy) is 1. The molecule has 1 N–H and O–H groups in total. The topological polar surface area (TPSA) is 38.3 Å². The first-order valence-electron chi connectivity index (χ1n) is 8.08. The van der Waals surface area contributed by atoms with E-state index in [4.69, 9.17) is 16.3 Å². The Morgan fingerprint density at radius 3 is 2.88 bits per heavy atom. The van der Waals surface area contributed by atoms with Gasteiger partial charge in [0.25, 0.3) is 0 Å². The van der Waals surface area contributed by atoms with Crippen molar-refractivity contribution in [1.82, 2.24) is 0 Å². The van der Waals surface area contributed by atoms with Gasteiger partial charge in [-0.15, -0.1) is 0 Å². The lowest BCUT2D eigenvalue weighted by atomic mass is 9.90. The summed E-state index contributed by atoms with van der Waals surface area (Å²) in [6, 6.07) is 4.45. The molecule has 0 radical (unpaired) electrons. The fourth-order valence-electron chi connectivity index (χ4n) is 3.10. The van der Waals surface area contributed by atoms with Crippen molar-refractivity contribution in [3.63, 3.8) is 0 Å². The highest BCUT2D eigenvalue weighted by atomic mass is 35.5. The number of nitrogens with one attached hydrogen (secondary N) is 1. The first kappa shape index (κ1) is 19.2. The summed E-state index contributed by atoms with van der Waals surface area (Å²) in [5.41, 5.74) is -0.790. The molecule has 4 unspecified atom stereocenters. The molecular weight excluding hydrogens is 387 g/mol. The van der Waals surface area contributed by atoms with E-state index in [0.717, 1.165) is 12.1 Å². The molecule has 3 nitrogen and oxygen atoms in total. The van der Waals surface area contributed by atoms with Crippen molar-refractivity contribution in [2.75, 3.05) is 5.32 Å². The van der Waals surface area contributed by atoms with E-state index >= 15 is 0 Å². The SMILES string of the molecule is CC1CC(OC(=O)Nc2cccc(C(F)(F)F)c2)C2C=C(Cl)C=CC2S1. The van der Waals surface area contributed by atoms with Crippen LogP contribution in [-0.2, 0) is 10.9 Å². The van der Waals surface area contributed by atoms with Crippen molar-refractivity contribution in [3.05, 3.63) is 53.1 Å². The first-order chi connectivity index (χ1) is 12.2. The number of thioether (sulfide) groups is 1. The molecule has 1 saturated heterocycles. The predicted octanol–water partition coefficient (Wildman–Crippen LogP) is 5.83. The van der Waals surface area contributed by atoms with E-state index in [1.54, 1.807) is 11.8 Å². The second kappa shape index (κ2) is 7.56. The number of amides is 1. The van der Waals surface area contributed by atoms with Crippen LogP contribution in [0.3, 0.4) is 0 Å². The van der Waals surface area contributed by atoms with Gasteiger partial charge >= 0.3 is 12.3 Å². The summed E-state index contributed by atoms with van der Waals surface area (Å²) in [7, 11) is 0. The molecule has 0 saturated carbocycles. The average Bonchev–Trinajstić information content (AvgIpc) is 2.55. The monoisotopic (exact) mass is 403 g/mol. The Morgan fingerprint density at radius 2 is 2.15 bits per heavy atom. The molecule has 8 heteroatoms. The largest absolute Gasteiger partial charge is 0.445 e. The molecule has 1 aromatic rings. The minimum Gasteiger partial charge on any atom is -0.445 e. The van der Waals surface area contributed by atoms with Crippen LogP contribution in [-0.4, -0.2) is 22.7 Å². The highest BCUT2D eigenvalue weighted by Gasteiger charge is 2.38. The maximum absolute atomic E-state index is 12.8. The lowest BCUT2D eigenvalue weighted by molar-refractivity contribution is -0.137. The number of hydrogen-bond donors (Lipinski definition) is 1. The van der Waals surface area contributed by atoms with E-state index in [2.05, 4.69) is 12.2 Å². The second-order valence-electron chi connectivity index (χ2n) is 6.28. The van der Waals surface area contributed by atoms with E-state index < -0.39 is 17.8 Å². The first-order valence-corrected chi connectivity index (χ1v) is 9.40. The van der Waals surface area contributed by atoms with Gasteiger partial charge in [0.2, 0.25) is 0 Å². The number of alkyl halides is 3. The van der Waals surface area contributed by atoms with Crippen LogP contribution in [0, 0.1) is 5.92 Å². The zero-order valence-electron chi connectivity index (χ0n) is 13.8. The van der Waals surface area contributed by atoms with Crippen LogP contribution in [0.15, 0.2) is 47.5 Å². The Morgan fingerprint density at radius 1 is 1.38 bits per heavy atom. The van der Waals surface area contributed by atoms with Gasteiger partial charge in [-0.25, -0.2) is 4.79 Å². The summed E-state index contributed by atoms with van der Waals surface area (Å²) in [6.45, 7) is 2.05. The summed E-state index contributed by atoms with van der Waals surface area (Å²) < 4.78 is 43.8. The van der Waals surface area contributed by atoms with Gasteiger partial charge in [-0.1, -0.05) is 36.7 Å². The number of hydrogen-bond acceptors (Lipinski definition) is 3. The van der Waals surface area contributed by atoms with Crippen molar-refractivity contribution in [1.29, 1.82) is 0 Å². The minimum atomic E-state index is -4.47. The average molecular weight is 404 g/mol. The molecule has 0 aromatic heterocycles. The number of rotatable bonds is 2. The van der Waals surface area contributed by atoms with Gasteiger partial charge in [-0.2, -0.15) is 24.9 Å². The van der Waals surface area contributed by atoms with Crippen LogP contribution >= 0.6 is 23.4 Å². The number of fused-ring (bicyclic) bond motifs is 1. The smallest absolute Gasteiger partial charge is 0.416 e. The van der Waals surface area contributed by atoms with Gasteiger partial charge in [-0.05, 0) is 30.7 Å². The third kappa shape index (κ3) is 4.57. The van der Waals surface area contributed by atoms with Crippen molar-refractivity contribution < 1.29 is 22.7 Å². The third-order valence-electron chi connectivity index (χ3n) is 4.25. The normalized spacial score (nSPS) is 28.1. The number of carbonyl (C=O) groups excluding carboxylic acids is 1. The molecule has 2 aliphatic rings. The van der Waals surface area contributed by atoms with Gasteiger partial charge in [-0.3, -0.25) is 5.32 Å². The van der Waals surface area contributed by atoms with E-state index in [-0.39, 0.29) is 28.2 Å². The number of carbonyl (C=O) groups is 1. The van der Waals surface area contributed by atoms with Gasteiger partial charge < -0.3 is 4.74 Å². The number of benzene rings is 1. The Bertz CT molecular complexity index is 750. The van der Waals surface area contributed by atoms with Crippen molar-refractivity contribution >= 4 is 35.1 Å². The molecule has 3 rings (SSSR count). The lowest BCUT2D eigenvalue weighted by Crippen LogP contribution is -2.40. The second-order valence-corrected chi connectivity index (χ2v) is 8.34. The summed E-state index contributed by atoms with van der Waals surface area (Å²) in [5, 5.41) is 3.42. The van der Waals surface area contributed by atoms with Crippen LogP contribution < -0.4 is 5.32 Å². The highest BCUT2D eigenvalue weighted by Crippen LogP contribution is 2.42. The molecule has 26 heavy (non-hydrogen) atoms. The number of allylic oxidation sites excluding steroid dienone is 2. The van der Waals surface area contributed by atoms with E-state index in [9.17, 15) is 18.0 Å². The fourth-order valence-corrected chi connectivity index (χ4v) is 4.76. The van der Waals surface area contributed by atoms with Crippen molar-refractivity contribution in [2.45, 2.75) is 36.1 Å². The standard InChI is InChI=1S/C18H17ClF3NO2S/c1-10-7-15(14-9-12(19)5-6-16(14)26-10)25-17(24)23-13-4-2-3-11(8-13)18(20,21)22/h2-6,8-10,14-16H,7H2,1H3,(H,23,24). The molecule has 140 valence electrons. The summed E-state index contributed by atoms with van der Waals surface area (Å²) >= 11 is 7.85. The Kier molecular flexibility index (Phi) is 5.58. The molecule has 0 bridgehead atoms. The lowest BCUT2D eigenvalue weighted by Gasteiger charge is -2.38. The molecule has 1 aliphatic heterocycles. The van der Waals surface area contributed by atoms with Crippen LogP contribution in [0.1, 0.15) is 18.9 Å². The Balaban J connectivity index is 1.68. The molecule has 4 atom stereocenters. The quantitative estimate of drug-likeness (QED) is 0.675. The highest BCUT2D eigenvalue weighted by molar-refractivity contribution is 8.00.